The summed E-state index contributed by atoms with van der Waals surface area (Å²) in [6.07, 6.45) is 0.308. The largest absolute Gasteiger partial charge is 0.370 e. The smallest absolute Gasteiger partial charge is 0.225 e. The van der Waals surface area contributed by atoms with Crippen LogP contribution in [0.4, 0.5) is 5.69 Å². The summed E-state index contributed by atoms with van der Waals surface area (Å²) in [6, 6.07) is 17.5. The Hall–Kier alpha value is -2.70. The van der Waals surface area contributed by atoms with Gasteiger partial charge in [0.25, 0.3) is 0 Å². The van der Waals surface area contributed by atoms with Gasteiger partial charge in [-0.15, -0.1) is 0 Å². The van der Waals surface area contributed by atoms with E-state index in [4.69, 9.17) is 4.74 Å². The van der Waals surface area contributed by atoms with Crippen molar-refractivity contribution in [3.05, 3.63) is 65.7 Å². The molecule has 0 aliphatic carbocycles. The maximum atomic E-state index is 12.7. The Labute approximate surface area is 165 Å². The molecule has 148 valence electrons. The van der Waals surface area contributed by atoms with Crippen LogP contribution in [-0.4, -0.2) is 44.7 Å². The Morgan fingerprint density at radius 2 is 1.71 bits per heavy atom. The topological polar surface area (TPSA) is 71.9 Å². The van der Waals surface area contributed by atoms with E-state index in [0.29, 0.717) is 6.42 Å². The number of quaternary nitrogens is 1. The van der Waals surface area contributed by atoms with Crippen LogP contribution in [0.3, 0.4) is 0 Å². The van der Waals surface area contributed by atoms with Gasteiger partial charge in [0.05, 0.1) is 19.6 Å². The first-order valence-corrected chi connectivity index (χ1v) is 9.72. The molecule has 0 unspecified atom stereocenters. The molecule has 0 spiro atoms. The molecule has 3 N–H and O–H groups in total. The quantitative estimate of drug-likeness (QED) is 0.668. The lowest BCUT2D eigenvalue weighted by atomic mass is 10.0. The fraction of sp³-hybridized carbons (Fsp3) is 0.364. The van der Waals surface area contributed by atoms with Gasteiger partial charge < -0.3 is 20.3 Å². The highest BCUT2D eigenvalue weighted by Gasteiger charge is 2.22. The maximum absolute atomic E-state index is 12.7. The third kappa shape index (κ3) is 6.18. The summed E-state index contributed by atoms with van der Waals surface area (Å²) in [5.41, 5.74) is 2.77. The first-order chi connectivity index (χ1) is 13.6. The normalized spacial score (nSPS) is 15.6. The highest BCUT2D eigenvalue weighted by Crippen LogP contribution is 2.13. The zero-order valence-corrected chi connectivity index (χ0v) is 16.2. The van der Waals surface area contributed by atoms with E-state index in [-0.39, 0.29) is 17.9 Å². The SMILES string of the molecule is CC(=O)Nc1ccc(CC(=O)N[C@H](C[NH+]2CCOCC2)c2ccccc2)cc1. The van der Waals surface area contributed by atoms with Gasteiger partial charge in [-0.25, -0.2) is 0 Å². The molecule has 2 aromatic carbocycles. The number of nitrogens with one attached hydrogen (secondary N) is 3. The van der Waals surface area contributed by atoms with Crippen molar-refractivity contribution in [3.8, 4) is 0 Å². The van der Waals surface area contributed by atoms with E-state index in [0.717, 1.165) is 49.7 Å². The monoisotopic (exact) mass is 382 g/mol. The van der Waals surface area contributed by atoms with Crippen LogP contribution >= 0.6 is 0 Å². The molecule has 2 amide bonds. The molecule has 0 saturated carbocycles. The zero-order chi connectivity index (χ0) is 19.8. The number of carbonyl (C=O) groups excluding carboxylic acids is 2. The number of anilines is 1. The summed E-state index contributed by atoms with van der Waals surface area (Å²) < 4.78 is 5.45. The number of morpholine rings is 1. The Morgan fingerprint density at radius 1 is 1.04 bits per heavy atom. The van der Waals surface area contributed by atoms with Crippen molar-refractivity contribution < 1.29 is 19.2 Å². The van der Waals surface area contributed by atoms with Crippen LogP contribution in [0.5, 0.6) is 0 Å². The summed E-state index contributed by atoms with van der Waals surface area (Å²) >= 11 is 0. The summed E-state index contributed by atoms with van der Waals surface area (Å²) in [5, 5.41) is 5.94. The van der Waals surface area contributed by atoms with E-state index < -0.39 is 0 Å². The van der Waals surface area contributed by atoms with Gasteiger partial charge in [-0.05, 0) is 23.3 Å². The van der Waals surface area contributed by atoms with Gasteiger partial charge in [-0.2, -0.15) is 0 Å². The van der Waals surface area contributed by atoms with Crippen LogP contribution in [0.2, 0.25) is 0 Å². The van der Waals surface area contributed by atoms with Crippen molar-refractivity contribution in [1.82, 2.24) is 5.32 Å². The highest BCUT2D eigenvalue weighted by atomic mass is 16.5. The lowest BCUT2D eigenvalue weighted by Gasteiger charge is -2.28. The maximum Gasteiger partial charge on any atom is 0.225 e. The molecule has 0 bridgehead atoms. The number of rotatable bonds is 7. The standard InChI is InChI=1S/C22H27N3O3/c1-17(26)23-20-9-7-18(8-10-20)15-22(27)24-21(19-5-3-2-4-6-19)16-25-11-13-28-14-12-25/h2-10,21H,11-16H2,1H3,(H,23,26)(H,24,27)/p+1/t21-/m1/s1. The zero-order valence-electron chi connectivity index (χ0n) is 16.2. The van der Waals surface area contributed by atoms with E-state index in [1.54, 1.807) is 0 Å². The number of hydrogen-bond acceptors (Lipinski definition) is 3. The molecular weight excluding hydrogens is 354 g/mol. The molecule has 0 radical (unpaired) electrons. The number of ether oxygens (including phenoxy) is 1. The fourth-order valence-corrected chi connectivity index (χ4v) is 3.43. The average molecular weight is 382 g/mol. The summed E-state index contributed by atoms with van der Waals surface area (Å²) in [7, 11) is 0. The van der Waals surface area contributed by atoms with Crippen molar-refractivity contribution >= 4 is 17.5 Å². The predicted molar refractivity (Wildman–Crippen MR) is 108 cm³/mol. The Balaban J connectivity index is 1.62. The van der Waals surface area contributed by atoms with Crippen LogP contribution in [0.15, 0.2) is 54.6 Å². The van der Waals surface area contributed by atoms with Gasteiger partial charge in [-0.1, -0.05) is 42.5 Å². The minimum atomic E-state index is -0.109. The lowest BCUT2D eigenvalue weighted by Crippen LogP contribution is -3.14. The van der Waals surface area contributed by atoms with E-state index in [1.807, 2.05) is 42.5 Å². The molecule has 0 aromatic heterocycles. The molecular formula is C22H28N3O3+. The highest BCUT2D eigenvalue weighted by molar-refractivity contribution is 5.88. The first-order valence-electron chi connectivity index (χ1n) is 9.72. The third-order valence-electron chi connectivity index (χ3n) is 4.87. The molecule has 6 nitrogen and oxygen atoms in total. The van der Waals surface area contributed by atoms with Crippen molar-refractivity contribution in [3.63, 3.8) is 0 Å². The van der Waals surface area contributed by atoms with E-state index in [9.17, 15) is 9.59 Å². The number of amides is 2. The van der Waals surface area contributed by atoms with Gasteiger partial charge >= 0.3 is 0 Å². The van der Waals surface area contributed by atoms with Crippen LogP contribution < -0.4 is 15.5 Å². The minimum Gasteiger partial charge on any atom is -0.370 e. The van der Waals surface area contributed by atoms with Gasteiger partial charge in [0.1, 0.15) is 25.7 Å². The van der Waals surface area contributed by atoms with Crippen LogP contribution in [0.1, 0.15) is 24.1 Å². The van der Waals surface area contributed by atoms with Crippen LogP contribution in [0.25, 0.3) is 0 Å². The molecule has 3 rings (SSSR count). The van der Waals surface area contributed by atoms with E-state index >= 15 is 0 Å². The molecule has 1 saturated heterocycles. The number of benzene rings is 2. The summed E-state index contributed by atoms with van der Waals surface area (Å²) in [6.45, 7) is 5.78. The fourth-order valence-electron chi connectivity index (χ4n) is 3.43. The molecule has 1 heterocycles. The number of hydrogen-bond donors (Lipinski definition) is 3. The van der Waals surface area contributed by atoms with Crippen molar-refractivity contribution in [2.24, 2.45) is 0 Å². The molecule has 1 aliphatic heterocycles. The molecule has 1 fully saturated rings. The molecule has 1 atom stereocenters. The summed E-state index contributed by atoms with van der Waals surface area (Å²) in [4.78, 5) is 25.2. The number of carbonyl (C=O) groups is 2. The van der Waals surface area contributed by atoms with Crippen molar-refractivity contribution in [2.75, 3.05) is 38.2 Å². The van der Waals surface area contributed by atoms with Crippen LogP contribution in [-0.2, 0) is 20.7 Å². The second kappa shape index (κ2) is 10.0. The lowest BCUT2D eigenvalue weighted by molar-refractivity contribution is -0.909. The van der Waals surface area contributed by atoms with Gasteiger partial charge in [0.15, 0.2) is 0 Å². The van der Waals surface area contributed by atoms with Crippen molar-refractivity contribution in [2.45, 2.75) is 19.4 Å². The molecule has 2 aromatic rings. The minimum absolute atomic E-state index is 0.00575. The van der Waals surface area contributed by atoms with Crippen LogP contribution in [0, 0.1) is 0 Å². The Morgan fingerprint density at radius 3 is 2.36 bits per heavy atom. The van der Waals surface area contributed by atoms with Crippen molar-refractivity contribution in [1.29, 1.82) is 0 Å². The average Bonchev–Trinajstić information content (AvgIpc) is 2.70. The van der Waals surface area contributed by atoms with Gasteiger partial charge in [0.2, 0.25) is 11.8 Å². The van der Waals surface area contributed by atoms with E-state index in [1.165, 1.54) is 11.8 Å². The molecule has 28 heavy (non-hydrogen) atoms. The predicted octanol–water partition coefficient (Wildman–Crippen LogP) is 0.960. The molecule has 6 heteroatoms. The van der Waals surface area contributed by atoms with Gasteiger partial charge in [0, 0.05) is 12.6 Å². The Kier molecular flexibility index (Phi) is 7.17. The summed E-state index contributed by atoms with van der Waals surface area (Å²) in [5.74, 6) is -0.115. The van der Waals surface area contributed by atoms with Gasteiger partial charge in [-0.3, -0.25) is 9.59 Å². The Bertz CT molecular complexity index is 771. The van der Waals surface area contributed by atoms with E-state index in [2.05, 4.69) is 22.8 Å². The first kappa shape index (κ1) is 20.0. The second-order valence-electron chi connectivity index (χ2n) is 7.15. The molecule has 1 aliphatic rings. The third-order valence-corrected chi connectivity index (χ3v) is 4.87. The second-order valence-corrected chi connectivity index (χ2v) is 7.15.